The molecule has 4 nitrogen and oxygen atoms in total. The summed E-state index contributed by atoms with van der Waals surface area (Å²) >= 11 is 0. The van der Waals surface area contributed by atoms with Crippen LogP contribution in [0.1, 0.15) is 18.7 Å². The number of fused-ring (bicyclic) bond motifs is 1. The molecule has 19 heavy (non-hydrogen) atoms. The van der Waals surface area contributed by atoms with Gasteiger partial charge in [0, 0.05) is 13.5 Å². The number of imidazole rings is 1. The summed E-state index contributed by atoms with van der Waals surface area (Å²) in [6, 6.07) is 6.06. The molecule has 1 aromatic heterocycles. The van der Waals surface area contributed by atoms with E-state index in [1.165, 1.54) is 18.7 Å². The Kier molecular flexibility index (Phi) is 3.42. The van der Waals surface area contributed by atoms with Gasteiger partial charge in [0.1, 0.15) is 17.1 Å². The summed E-state index contributed by atoms with van der Waals surface area (Å²) in [5, 5.41) is 3.41. The fourth-order valence-electron chi connectivity index (χ4n) is 2.97. The normalized spacial score (nSPS) is 16.9. The molecular formula is C15H21N3O. The average molecular weight is 259 g/mol. The number of methoxy groups -OCH3 is 1. The fraction of sp³-hybridized carbons (Fsp3) is 0.533. The number of aryl methyl sites for hydroxylation is 1. The molecule has 1 aliphatic rings. The number of rotatable bonds is 3. The van der Waals surface area contributed by atoms with Crippen LogP contribution in [0, 0.1) is 5.92 Å². The minimum atomic E-state index is 0.753. The minimum absolute atomic E-state index is 0.753. The molecule has 0 saturated carbocycles. The molecule has 1 N–H and O–H groups in total. The molecule has 102 valence electrons. The number of piperidine rings is 1. The first-order valence-electron chi connectivity index (χ1n) is 6.98. The zero-order valence-electron chi connectivity index (χ0n) is 11.6. The van der Waals surface area contributed by atoms with Gasteiger partial charge in [-0.2, -0.15) is 0 Å². The third kappa shape index (κ3) is 2.32. The van der Waals surface area contributed by atoms with E-state index in [0.29, 0.717) is 0 Å². The number of para-hydroxylation sites is 1. The Balaban J connectivity index is 1.93. The van der Waals surface area contributed by atoms with Crippen molar-refractivity contribution in [3.63, 3.8) is 0 Å². The lowest BCUT2D eigenvalue weighted by Crippen LogP contribution is -2.29. The molecule has 4 heteroatoms. The van der Waals surface area contributed by atoms with Crippen molar-refractivity contribution < 1.29 is 4.74 Å². The second-order valence-electron chi connectivity index (χ2n) is 5.31. The first-order chi connectivity index (χ1) is 9.29. The Bertz CT molecular complexity index is 570. The average Bonchev–Trinajstić information content (AvgIpc) is 2.77. The molecule has 0 aliphatic carbocycles. The maximum atomic E-state index is 5.44. The highest BCUT2D eigenvalue weighted by Crippen LogP contribution is 2.27. The van der Waals surface area contributed by atoms with Gasteiger partial charge in [-0.05, 0) is 44.0 Å². The summed E-state index contributed by atoms with van der Waals surface area (Å²) in [7, 11) is 3.81. The fourth-order valence-corrected chi connectivity index (χ4v) is 2.97. The Hall–Kier alpha value is -1.55. The van der Waals surface area contributed by atoms with Crippen LogP contribution in [0.15, 0.2) is 18.2 Å². The molecule has 1 saturated heterocycles. The first-order valence-corrected chi connectivity index (χ1v) is 6.98. The molecule has 0 amide bonds. The van der Waals surface area contributed by atoms with Crippen molar-refractivity contribution in [2.75, 3.05) is 20.2 Å². The van der Waals surface area contributed by atoms with Gasteiger partial charge < -0.3 is 14.6 Å². The molecule has 0 radical (unpaired) electrons. The van der Waals surface area contributed by atoms with E-state index in [9.17, 15) is 0 Å². The maximum absolute atomic E-state index is 5.44. The van der Waals surface area contributed by atoms with Crippen molar-refractivity contribution in [3.05, 3.63) is 24.0 Å². The summed E-state index contributed by atoms with van der Waals surface area (Å²) in [5.41, 5.74) is 2.14. The molecule has 2 aromatic rings. The number of ether oxygens (including phenoxy) is 1. The molecule has 0 unspecified atom stereocenters. The number of benzene rings is 1. The van der Waals surface area contributed by atoms with Gasteiger partial charge in [-0.25, -0.2) is 4.98 Å². The van der Waals surface area contributed by atoms with Crippen molar-refractivity contribution in [1.82, 2.24) is 14.9 Å². The highest BCUT2D eigenvalue weighted by Gasteiger charge is 2.18. The summed E-state index contributed by atoms with van der Waals surface area (Å²) in [4.78, 5) is 4.78. The van der Waals surface area contributed by atoms with E-state index in [-0.39, 0.29) is 0 Å². The van der Waals surface area contributed by atoms with Crippen LogP contribution in [0.2, 0.25) is 0 Å². The topological polar surface area (TPSA) is 39.1 Å². The SMILES string of the molecule is COc1cccc2nc(CC3CCNCC3)n(C)c12. The molecule has 1 aromatic carbocycles. The zero-order valence-corrected chi connectivity index (χ0v) is 11.6. The quantitative estimate of drug-likeness (QED) is 0.917. The Morgan fingerprint density at radius 2 is 2.16 bits per heavy atom. The van der Waals surface area contributed by atoms with E-state index in [1.54, 1.807) is 7.11 Å². The van der Waals surface area contributed by atoms with Gasteiger partial charge in [0.2, 0.25) is 0 Å². The van der Waals surface area contributed by atoms with Gasteiger partial charge >= 0.3 is 0 Å². The molecule has 3 rings (SSSR count). The van der Waals surface area contributed by atoms with E-state index in [4.69, 9.17) is 9.72 Å². The van der Waals surface area contributed by atoms with Crippen LogP contribution >= 0.6 is 0 Å². The molecule has 1 aliphatic heterocycles. The van der Waals surface area contributed by atoms with Crippen molar-refractivity contribution in [2.24, 2.45) is 13.0 Å². The number of hydrogen-bond acceptors (Lipinski definition) is 3. The van der Waals surface area contributed by atoms with E-state index >= 15 is 0 Å². The number of nitrogens with one attached hydrogen (secondary N) is 1. The Morgan fingerprint density at radius 3 is 2.89 bits per heavy atom. The molecule has 0 bridgehead atoms. The lowest BCUT2D eigenvalue weighted by Gasteiger charge is -2.22. The van der Waals surface area contributed by atoms with Gasteiger partial charge in [-0.3, -0.25) is 0 Å². The van der Waals surface area contributed by atoms with Crippen LogP contribution < -0.4 is 10.1 Å². The predicted molar refractivity (Wildman–Crippen MR) is 76.6 cm³/mol. The molecule has 0 atom stereocenters. The van der Waals surface area contributed by atoms with Crippen LogP contribution in [0.5, 0.6) is 5.75 Å². The van der Waals surface area contributed by atoms with E-state index in [0.717, 1.165) is 42.2 Å². The van der Waals surface area contributed by atoms with Gasteiger partial charge in [0.15, 0.2) is 0 Å². The number of nitrogens with zero attached hydrogens (tertiary/aromatic N) is 2. The van der Waals surface area contributed by atoms with E-state index in [1.807, 2.05) is 12.1 Å². The molecule has 2 heterocycles. The van der Waals surface area contributed by atoms with Gasteiger partial charge in [0.25, 0.3) is 0 Å². The standard InChI is InChI=1S/C15H21N3O/c1-18-14(10-11-6-8-16-9-7-11)17-12-4-3-5-13(19-2)15(12)18/h3-5,11,16H,6-10H2,1-2H3. The van der Waals surface area contributed by atoms with Gasteiger partial charge in [-0.1, -0.05) is 6.07 Å². The lowest BCUT2D eigenvalue weighted by molar-refractivity contribution is 0.365. The van der Waals surface area contributed by atoms with Crippen molar-refractivity contribution in [3.8, 4) is 5.75 Å². The van der Waals surface area contributed by atoms with Crippen LogP contribution in [0.4, 0.5) is 0 Å². The van der Waals surface area contributed by atoms with Crippen LogP contribution in [0.25, 0.3) is 11.0 Å². The molecular weight excluding hydrogens is 238 g/mol. The van der Waals surface area contributed by atoms with Crippen LogP contribution in [-0.2, 0) is 13.5 Å². The van der Waals surface area contributed by atoms with E-state index in [2.05, 4.69) is 23.0 Å². The maximum Gasteiger partial charge on any atom is 0.144 e. The first kappa shape index (κ1) is 12.5. The van der Waals surface area contributed by atoms with Gasteiger partial charge in [-0.15, -0.1) is 0 Å². The summed E-state index contributed by atoms with van der Waals surface area (Å²) in [6.45, 7) is 2.27. The van der Waals surface area contributed by atoms with Crippen molar-refractivity contribution in [2.45, 2.75) is 19.3 Å². The zero-order chi connectivity index (χ0) is 13.2. The summed E-state index contributed by atoms with van der Waals surface area (Å²) in [6.07, 6.45) is 3.57. The Labute approximate surface area is 113 Å². The largest absolute Gasteiger partial charge is 0.494 e. The van der Waals surface area contributed by atoms with Crippen LogP contribution in [-0.4, -0.2) is 29.8 Å². The number of hydrogen-bond donors (Lipinski definition) is 1. The number of aromatic nitrogens is 2. The summed E-state index contributed by atoms with van der Waals surface area (Å²) in [5.74, 6) is 2.83. The second-order valence-corrected chi connectivity index (χ2v) is 5.31. The third-order valence-electron chi connectivity index (χ3n) is 4.10. The lowest BCUT2D eigenvalue weighted by atomic mass is 9.94. The predicted octanol–water partition coefficient (Wildman–Crippen LogP) is 2.12. The monoisotopic (exact) mass is 259 g/mol. The third-order valence-corrected chi connectivity index (χ3v) is 4.10. The molecule has 0 spiro atoms. The van der Waals surface area contributed by atoms with Crippen LogP contribution in [0.3, 0.4) is 0 Å². The Morgan fingerprint density at radius 1 is 1.37 bits per heavy atom. The van der Waals surface area contributed by atoms with Gasteiger partial charge in [0.05, 0.1) is 12.6 Å². The summed E-state index contributed by atoms with van der Waals surface area (Å²) < 4.78 is 7.63. The second kappa shape index (κ2) is 5.21. The minimum Gasteiger partial charge on any atom is -0.494 e. The highest BCUT2D eigenvalue weighted by atomic mass is 16.5. The van der Waals surface area contributed by atoms with E-state index < -0.39 is 0 Å². The van der Waals surface area contributed by atoms with Crippen molar-refractivity contribution >= 4 is 11.0 Å². The molecule has 1 fully saturated rings. The smallest absolute Gasteiger partial charge is 0.144 e. The van der Waals surface area contributed by atoms with Crippen molar-refractivity contribution in [1.29, 1.82) is 0 Å². The highest BCUT2D eigenvalue weighted by molar-refractivity contribution is 5.82.